The zero-order chi connectivity index (χ0) is 10.3. The second kappa shape index (κ2) is 9.67. The number of hydrogen-bond donors (Lipinski definition) is 0. The molecule has 0 fully saturated rings. The summed E-state index contributed by atoms with van der Waals surface area (Å²) in [5.74, 6) is -4.65. The second-order valence-electron chi connectivity index (χ2n) is 1.24. The summed E-state index contributed by atoms with van der Waals surface area (Å²) in [6.07, 6.45) is -6.69. The monoisotopic (exact) mass is 304 g/mol. The van der Waals surface area contributed by atoms with E-state index in [0.29, 0.717) is 0 Å². The van der Waals surface area contributed by atoms with Crippen LogP contribution in [0.4, 0.5) is 17.6 Å². The van der Waals surface area contributed by atoms with E-state index in [4.69, 9.17) is 19.8 Å². The summed E-state index contributed by atoms with van der Waals surface area (Å²) < 4.78 is 42.0. The molecule has 13 heavy (non-hydrogen) atoms. The predicted octanol–water partition coefficient (Wildman–Crippen LogP) is -2.00. The number of carbonyl (C=O) groups is 2. The fraction of sp³-hybridized carbons (Fsp3) is 0.500. The van der Waals surface area contributed by atoms with E-state index >= 15 is 0 Å². The van der Waals surface area contributed by atoms with Crippen LogP contribution in [0.15, 0.2) is 0 Å². The molecule has 0 bridgehead atoms. The molecule has 0 rings (SSSR count). The van der Waals surface area contributed by atoms with Crippen LogP contribution in [-0.4, -0.2) is 24.8 Å². The molecule has 0 N–H and O–H groups in total. The van der Waals surface area contributed by atoms with Gasteiger partial charge in [-0.3, -0.25) is 0 Å². The molecule has 0 saturated heterocycles. The molecule has 0 aromatic carbocycles. The van der Waals surface area contributed by atoms with Gasteiger partial charge in [0.1, 0.15) is 11.9 Å². The molecule has 0 aliphatic carbocycles. The van der Waals surface area contributed by atoms with E-state index in [2.05, 4.69) is 0 Å². The average Bonchev–Trinajstić information content (AvgIpc) is 1.88. The standard InChI is InChI=1S/2C2H2F2O2.Cd/c2*3-1(4)2(5)6;/h2*1H,(H,5,6);/q;;+2/p-2. The molecule has 0 saturated carbocycles. The zero-order valence-electron chi connectivity index (χ0n) is 6.01. The average molecular weight is 302 g/mol. The van der Waals surface area contributed by atoms with Gasteiger partial charge in [0.15, 0.2) is 0 Å². The Morgan fingerprint density at radius 2 is 0.923 bits per heavy atom. The molecule has 0 aromatic heterocycles. The van der Waals surface area contributed by atoms with Crippen LogP contribution in [0.3, 0.4) is 0 Å². The summed E-state index contributed by atoms with van der Waals surface area (Å²) in [4.78, 5) is 17.7. The summed E-state index contributed by atoms with van der Waals surface area (Å²) in [5.41, 5.74) is 0. The normalized spacial score (nSPS) is 8.46. The number of halogens is 4. The molecule has 9 heteroatoms. The smallest absolute Gasteiger partial charge is 0.544 e. The Labute approximate surface area is 89.7 Å². The molecule has 0 aliphatic rings. The van der Waals surface area contributed by atoms with Gasteiger partial charge >= 0.3 is 27.3 Å². The molecule has 0 heterocycles. The number of carboxylic acid groups (broad SMARTS) is 2. The number of aliphatic carboxylic acids is 2. The van der Waals surface area contributed by atoms with Crippen molar-refractivity contribution in [2.45, 2.75) is 12.9 Å². The second-order valence-corrected chi connectivity index (χ2v) is 1.24. The number of hydrogen-bond acceptors (Lipinski definition) is 4. The van der Waals surface area contributed by atoms with E-state index in [1.807, 2.05) is 0 Å². The molecule has 72 valence electrons. The van der Waals surface area contributed by atoms with Gasteiger partial charge in [0.2, 0.25) is 0 Å². The van der Waals surface area contributed by atoms with Crippen molar-refractivity contribution in [1.82, 2.24) is 0 Å². The molecular formula is C4H2CdF4O4. The van der Waals surface area contributed by atoms with Gasteiger partial charge in [-0.1, -0.05) is 0 Å². The van der Waals surface area contributed by atoms with E-state index < -0.39 is 24.8 Å². The summed E-state index contributed by atoms with van der Waals surface area (Å²) in [6.45, 7) is 0. The zero-order valence-corrected chi connectivity index (χ0v) is 10.0. The van der Waals surface area contributed by atoms with Crippen molar-refractivity contribution in [2.24, 2.45) is 0 Å². The summed E-state index contributed by atoms with van der Waals surface area (Å²) in [5, 5.41) is 17.7. The predicted molar refractivity (Wildman–Crippen MR) is 22.0 cm³/mol. The molecule has 0 radical (unpaired) electrons. The summed E-state index contributed by atoms with van der Waals surface area (Å²) >= 11 is 0. The van der Waals surface area contributed by atoms with Gasteiger partial charge in [-0.2, -0.15) is 0 Å². The van der Waals surface area contributed by atoms with Crippen LogP contribution in [-0.2, 0) is 36.9 Å². The number of carbonyl (C=O) groups excluding carboxylic acids is 2. The van der Waals surface area contributed by atoms with Crippen molar-refractivity contribution in [1.29, 1.82) is 0 Å². The van der Waals surface area contributed by atoms with E-state index in [1.165, 1.54) is 0 Å². The van der Waals surface area contributed by atoms with Crippen molar-refractivity contribution in [2.75, 3.05) is 0 Å². The molecule has 0 spiro atoms. The number of alkyl halides is 4. The minimum atomic E-state index is -3.34. The Morgan fingerprint density at radius 1 is 0.846 bits per heavy atom. The van der Waals surface area contributed by atoms with Crippen molar-refractivity contribution in [3.8, 4) is 0 Å². The number of carboxylic acids is 2. The van der Waals surface area contributed by atoms with Crippen molar-refractivity contribution >= 4 is 11.9 Å². The fourth-order valence-corrected chi connectivity index (χ4v) is 0. The van der Waals surface area contributed by atoms with Gasteiger partial charge in [0.25, 0.3) is 12.9 Å². The third-order valence-corrected chi connectivity index (χ3v) is 0.356. The SMILES string of the molecule is O=C([O-])C(F)F.O=C([O-])C(F)F.[Cd+2]. The molecule has 0 aromatic rings. The Hall–Kier alpha value is -0.418. The Kier molecular flexibility index (Phi) is 13.7. The van der Waals surface area contributed by atoms with E-state index in [0.717, 1.165) is 0 Å². The van der Waals surface area contributed by atoms with Gasteiger partial charge in [0.05, 0.1) is 0 Å². The first-order chi connectivity index (χ1) is 5.29. The van der Waals surface area contributed by atoms with Gasteiger partial charge in [-0.15, -0.1) is 0 Å². The first-order valence-corrected chi connectivity index (χ1v) is 2.27. The summed E-state index contributed by atoms with van der Waals surface area (Å²) in [7, 11) is 0. The van der Waals surface area contributed by atoms with Crippen molar-refractivity contribution in [3.63, 3.8) is 0 Å². The van der Waals surface area contributed by atoms with Gasteiger partial charge in [0, 0.05) is 0 Å². The molecule has 0 atom stereocenters. The molecular weight excluding hydrogens is 300 g/mol. The van der Waals surface area contributed by atoms with E-state index in [-0.39, 0.29) is 27.3 Å². The Balaban J connectivity index is -0.000000143. The van der Waals surface area contributed by atoms with Crippen LogP contribution in [0.1, 0.15) is 0 Å². The van der Waals surface area contributed by atoms with Crippen LogP contribution >= 0.6 is 0 Å². The van der Waals surface area contributed by atoms with Crippen LogP contribution in [0.25, 0.3) is 0 Å². The first kappa shape index (κ1) is 18.4. The van der Waals surface area contributed by atoms with E-state index in [9.17, 15) is 17.6 Å². The minimum Gasteiger partial charge on any atom is -0.544 e. The minimum absolute atomic E-state index is 0. The quantitative estimate of drug-likeness (QED) is 0.436. The van der Waals surface area contributed by atoms with Crippen LogP contribution in [0, 0.1) is 0 Å². The summed E-state index contributed by atoms with van der Waals surface area (Å²) in [6, 6.07) is 0. The molecule has 0 amide bonds. The van der Waals surface area contributed by atoms with Gasteiger partial charge < -0.3 is 19.8 Å². The Morgan fingerprint density at radius 3 is 0.923 bits per heavy atom. The molecule has 4 nitrogen and oxygen atoms in total. The van der Waals surface area contributed by atoms with Crippen LogP contribution in [0.2, 0.25) is 0 Å². The maximum absolute atomic E-state index is 10.5. The van der Waals surface area contributed by atoms with Crippen molar-refractivity contribution < 1.29 is 64.7 Å². The van der Waals surface area contributed by atoms with Crippen LogP contribution < -0.4 is 10.2 Å². The maximum Gasteiger partial charge on any atom is 2.00 e. The van der Waals surface area contributed by atoms with Crippen LogP contribution in [0.5, 0.6) is 0 Å². The number of rotatable bonds is 2. The molecule has 0 unspecified atom stereocenters. The fourth-order valence-electron chi connectivity index (χ4n) is 0. The third kappa shape index (κ3) is 18.5. The largest absolute Gasteiger partial charge is 2.00 e. The van der Waals surface area contributed by atoms with E-state index in [1.54, 1.807) is 0 Å². The maximum atomic E-state index is 10.5. The van der Waals surface area contributed by atoms with Gasteiger partial charge in [-0.25, -0.2) is 17.6 Å². The van der Waals surface area contributed by atoms with Crippen molar-refractivity contribution in [3.05, 3.63) is 0 Å². The Bertz CT molecular complexity index is 144. The molecule has 0 aliphatic heterocycles. The first-order valence-electron chi connectivity index (χ1n) is 2.27. The topological polar surface area (TPSA) is 80.3 Å². The third-order valence-electron chi connectivity index (χ3n) is 0.356. The van der Waals surface area contributed by atoms with Gasteiger partial charge in [-0.05, 0) is 0 Å².